The lowest BCUT2D eigenvalue weighted by molar-refractivity contribution is -0.139. The third-order valence-electron chi connectivity index (χ3n) is 3.88. The van der Waals surface area contributed by atoms with Gasteiger partial charge in [-0.1, -0.05) is 30.4 Å². The number of methoxy groups -OCH3 is 1. The molecule has 0 saturated heterocycles. The van der Waals surface area contributed by atoms with E-state index in [9.17, 15) is 19.6 Å². The van der Waals surface area contributed by atoms with Gasteiger partial charge in [0.1, 0.15) is 17.6 Å². The monoisotopic (exact) mass is 451 g/mol. The van der Waals surface area contributed by atoms with Gasteiger partial charge in [0.15, 0.2) is 5.57 Å². The molecule has 8 nitrogen and oxygen atoms in total. The minimum absolute atomic E-state index is 0.0856. The molecule has 0 spiro atoms. The van der Waals surface area contributed by atoms with Gasteiger partial charge in [-0.25, -0.2) is 4.79 Å². The smallest absolute Gasteiger partial charge is 0.350 e. The van der Waals surface area contributed by atoms with Crippen molar-refractivity contribution in [3.63, 3.8) is 0 Å². The van der Waals surface area contributed by atoms with Crippen LogP contribution in [0.4, 0.5) is 0 Å². The van der Waals surface area contributed by atoms with E-state index < -0.39 is 17.9 Å². The molecule has 1 aromatic carbocycles. The molecular weight excluding hydrogens is 430 g/mol. The molecule has 1 aliphatic rings. The summed E-state index contributed by atoms with van der Waals surface area (Å²) in [5.41, 5.74) is -0.173. The standard InChI is InChI=1S/C20H21NO7S2/c1-5-16(23)28-15-7-6-14(27-12(3)22)17-18(15)30-20(29-17)13(10-21)19(24)26-9-8-11(2)25-4/h6-7,11H,5,8-9H2,1-4H3/b20-13+. The fourth-order valence-corrected chi connectivity index (χ4v) is 4.78. The molecule has 0 aromatic heterocycles. The van der Waals surface area contributed by atoms with E-state index in [2.05, 4.69) is 0 Å². The number of hydrogen-bond donors (Lipinski definition) is 0. The lowest BCUT2D eigenvalue weighted by Crippen LogP contribution is -2.14. The molecule has 1 heterocycles. The maximum Gasteiger partial charge on any atom is 0.350 e. The number of nitriles is 1. The van der Waals surface area contributed by atoms with Crippen LogP contribution in [-0.2, 0) is 23.9 Å². The van der Waals surface area contributed by atoms with Gasteiger partial charge in [-0.2, -0.15) is 5.26 Å². The Kier molecular flexibility index (Phi) is 8.77. The summed E-state index contributed by atoms with van der Waals surface area (Å²) >= 11 is 2.17. The Morgan fingerprint density at radius 2 is 1.73 bits per heavy atom. The van der Waals surface area contributed by atoms with Crippen LogP contribution in [0.25, 0.3) is 0 Å². The van der Waals surface area contributed by atoms with Gasteiger partial charge in [0, 0.05) is 26.9 Å². The van der Waals surface area contributed by atoms with Crippen LogP contribution in [0.5, 0.6) is 11.5 Å². The number of carbonyl (C=O) groups excluding carboxylic acids is 3. The second-order valence-corrected chi connectivity index (χ2v) is 8.39. The molecule has 0 N–H and O–H groups in total. The van der Waals surface area contributed by atoms with Crippen LogP contribution in [0.3, 0.4) is 0 Å². The molecule has 1 aliphatic heterocycles. The van der Waals surface area contributed by atoms with Gasteiger partial charge in [0.25, 0.3) is 0 Å². The van der Waals surface area contributed by atoms with Crippen LogP contribution in [0.15, 0.2) is 31.7 Å². The van der Waals surface area contributed by atoms with E-state index >= 15 is 0 Å². The molecule has 0 bridgehead atoms. The van der Waals surface area contributed by atoms with Crippen molar-refractivity contribution in [2.24, 2.45) is 0 Å². The topological polar surface area (TPSA) is 112 Å². The van der Waals surface area contributed by atoms with Crippen LogP contribution < -0.4 is 9.47 Å². The Hall–Kier alpha value is -2.48. The van der Waals surface area contributed by atoms with Crippen molar-refractivity contribution in [3.05, 3.63) is 21.9 Å². The van der Waals surface area contributed by atoms with Crippen LogP contribution in [0, 0.1) is 11.3 Å². The minimum atomic E-state index is -0.759. The van der Waals surface area contributed by atoms with Gasteiger partial charge in [-0.3, -0.25) is 9.59 Å². The molecule has 0 saturated carbocycles. The fraction of sp³-hybridized carbons (Fsp3) is 0.400. The predicted molar refractivity (Wildman–Crippen MR) is 110 cm³/mol. The molecule has 0 fully saturated rings. The van der Waals surface area contributed by atoms with Crippen molar-refractivity contribution in [1.29, 1.82) is 5.26 Å². The Balaban J connectivity index is 2.33. The second kappa shape index (κ2) is 11.1. The Morgan fingerprint density at radius 1 is 1.13 bits per heavy atom. The molecule has 0 aliphatic carbocycles. The van der Waals surface area contributed by atoms with Crippen LogP contribution >= 0.6 is 23.5 Å². The van der Waals surface area contributed by atoms with Crippen molar-refractivity contribution in [2.75, 3.05) is 13.7 Å². The average molecular weight is 452 g/mol. The maximum absolute atomic E-state index is 12.4. The first kappa shape index (κ1) is 23.8. The van der Waals surface area contributed by atoms with Gasteiger partial charge >= 0.3 is 17.9 Å². The first-order valence-corrected chi connectivity index (χ1v) is 10.7. The highest BCUT2D eigenvalue weighted by atomic mass is 32.2. The van der Waals surface area contributed by atoms with E-state index in [1.54, 1.807) is 14.0 Å². The highest BCUT2D eigenvalue weighted by Crippen LogP contribution is 2.59. The summed E-state index contributed by atoms with van der Waals surface area (Å²) in [5, 5.41) is 9.53. The van der Waals surface area contributed by atoms with Gasteiger partial charge in [0.05, 0.1) is 26.7 Å². The van der Waals surface area contributed by atoms with Crippen molar-refractivity contribution in [1.82, 2.24) is 0 Å². The first-order chi connectivity index (χ1) is 14.3. The van der Waals surface area contributed by atoms with E-state index in [-0.39, 0.29) is 36.2 Å². The van der Waals surface area contributed by atoms with Gasteiger partial charge < -0.3 is 18.9 Å². The number of thioether (sulfide) groups is 2. The normalized spacial score (nSPS) is 14.9. The van der Waals surface area contributed by atoms with E-state index in [4.69, 9.17) is 18.9 Å². The van der Waals surface area contributed by atoms with E-state index in [0.29, 0.717) is 20.4 Å². The summed E-state index contributed by atoms with van der Waals surface area (Å²) in [6.07, 6.45) is 0.582. The molecule has 0 radical (unpaired) electrons. The lowest BCUT2D eigenvalue weighted by atomic mass is 10.3. The van der Waals surface area contributed by atoms with Gasteiger partial charge in [-0.05, 0) is 19.1 Å². The minimum Gasteiger partial charge on any atom is -0.461 e. The summed E-state index contributed by atoms with van der Waals surface area (Å²) in [6.45, 7) is 4.87. The number of benzene rings is 1. The van der Waals surface area contributed by atoms with Crippen LogP contribution in [0.1, 0.15) is 33.6 Å². The number of carbonyl (C=O) groups is 3. The first-order valence-electron chi connectivity index (χ1n) is 9.06. The average Bonchev–Trinajstić information content (AvgIpc) is 3.15. The molecule has 30 heavy (non-hydrogen) atoms. The van der Waals surface area contributed by atoms with E-state index in [1.807, 2.05) is 13.0 Å². The summed E-state index contributed by atoms with van der Waals surface area (Å²) < 4.78 is 21.2. The number of ether oxygens (including phenoxy) is 4. The SMILES string of the molecule is CCC(=O)Oc1ccc(OC(C)=O)c2c1S/C(=C(\C#N)C(=O)OCCC(C)OC)S2. The molecule has 1 atom stereocenters. The molecule has 2 rings (SSSR count). The Morgan fingerprint density at radius 3 is 2.23 bits per heavy atom. The lowest BCUT2D eigenvalue weighted by Gasteiger charge is -2.10. The highest BCUT2D eigenvalue weighted by molar-refractivity contribution is 8.24. The van der Waals surface area contributed by atoms with Crippen LogP contribution in [-0.4, -0.2) is 37.7 Å². The number of esters is 3. The van der Waals surface area contributed by atoms with E-state index in [0.717, 1.165) is 23.5 Å². The Labute approximate surface area is 182 Å². The molecule has 1 aromatic rings. The molecule has 1 unspecified atom stereocenters. The molecule has 160 valence electrons. The van der Waals surface area contributed by atoms with Crippen molar-refractivity contribution >= 4 is 41.4 Å². The number of rotatable bonds is 8. The number of fused-ring (bicyclic) bond motifs is 1. The third kappa shape index (κ3) is 6.01. The maximum atomic E-state index is 12.4. The summed E-state index contributed by atoms with van der Waals surface area (Å²) in [4.78, 5) is 36.6. The Bertz CT molecular complexity index is 920. The summed E-state index contributed by atoms with van der Waals surface area (Å²) in [6, 6.07) is 4.90. The predicted octanol–water partition coefficient (Wildman–Crippen LogP) is 3.83. The quantitative estimate of drug-likeness (QED) is 0.250. The largest absolute Gasteiger partial charge is 0.461 e. The summed E-state index contributed by atoms with van der Waals surface area (Å²) in [7, 11) is 1.56. The summed E-state index contributed by atoms with van der Waals surface area (Å²) in [5.74, 6) is -1.20. The second-order valence-electron chi connectivity index (χ2n) is 6.09. The molecular formula is C20H21NO7S2. The van der Waals surface area contributed by atoms with Crippen LogP contribution in [0.2, 0.25) is 0 Å². The zero-order chi connectivity index (χ0) is 22.3. The number of hydrogen-bond acceptors (Lipinski definition) is 10. The van der Waals surface area contributed by atoms with Crippen molar-refractivity contribution in [3.8, 4) is 17.6 Å². The third-order valence-corrected chi connectivity index (χ3v) is 6.50. The van der Waals surface area contributed by atoms with Gasteiger partial charge in [0.2, 0.25) is 0 Å². The van der Waals surface area contributed by atoms with Crippen molar-refractivity contribution in [2.45, 2.75) is 49.5 Å². The fourth-order valence-electron chi connectivity index (χ4n) is 2.22. The zero-order valence-electron chi connectivity index (χ0n) is 17.0. The van der Waals surface area contributed by atoms with Gasteiger partial charge in [-0.15, -0.1) is 0 Å². The van der Waals surface area contributed by atoms with E-state index in [1.165, 1.54) is 19.1 Å². The van der Waals surface area contributed by atoms with Crippen molar-refractivity contribution < 1.29 is 33.3 Å². The zero-order valence-corrected chi connectivity index (χ0v) is 18.6. The highest BCUT2D eigenvalue weighted by Gasteiger charge is 2.32. The molecule has 0 amide bonds. The number of nitrogens with zero attached hydrogens (tertiary/aromatic N) is 1. The molecule has 10 heteroatoms.